The lowest BCUT2D eigenvalue weighted by atomic mass is 9.97. The average Bonchev–Trinajstić information content (AvgIpc) is 2.46. The molecule has 1 aromatic carbocycles. The van der Waals surface area contributed by atoms with Crippen LogP contribution < -0.4 is 0 Å². The van der Waals surface area contributed by atoms with Crippen LogP contribution in [0.5, 0.6) is 0 Å². The van der Waals surface area contributed by atoms with Crippen molar-refractivity contribution >= 4 is 21.6 Å². The summed E-state index contributed by atoms with van der Waals surface area (Å²) in [7, 11) is -3.70. The van der Waals surface area contributed by atoms with Crippen LogP contribution >= 0.6 is 11.6 Å². The first-order valence-corrected chi connectivity index (χ1v) is 8.51. The minimum Gasteiger partial charge on any atom is -0.207 e. The van der Waals surface area contributed by atoms with Gasteiger partial charge in [-0.25, -0.2) is 8.42 Å². The van der Waals surface area contributed by atoms with Gasteiger partial charge in [-0.05, 0) is 30.9 Å². The van der Waals surface area contributed by atoms with Crippen molar-refractivity contribution in [3.05, 3.63) is 28.8 Å². The third-order valence-corrected chi connectivity index (χ3v) is 6.14. The smallest absolute Gasteiger partial charge is 0.207 e. The summed E-state index contributed by atoms with van der Waals surface area (Å²) in [5.41, 5.74) is 0.108. The Kier molecular flexibility index (Phi) is 4.69. The summed E-state index contributed by atoms with van der Waals surface area (Å²) >= 11 is 6.03. The number of piperidine rings is 1. The predicted molar refractivity (Wildman–Crippen MR) is 77.9 cm³/mol. The fraction of sp³-hybridized carbons (Fsp3) is 0.500. The Bertz CT molecular complexity index is 637. The zero-order chi connectivity index (χ0) is 14.8. The molecule has 1 aromatic rings. The van der Waals surface area contributed by atoms with Gasteiger partial charge in [0.05, 0.1) is 10.6 Å². The van der Waals surface area contributed by atoms with Crippen LogP contribution in [0.15, 0.2) is 23.1 Å². The second-order valence-electron chi connectivity index (χ2n) is 5.01. The second-order valence-corrected chi connectivity index (χ2v) is 7.29. The molecule has 1 aliphatic heterocycles. The normalized spacial score (nSPS) is 20.6. The fourth-order valence-corrected chi connectivity index (χ4v) is 4.77. The third kappa shape index (κ3) is 2.83. The van der Waals surface area contributed by atoms with E-state index in [1.165, 1.54) is 16.4 Å². The maximum atomic E-state index is 12.7. The Morgan fingerprint density at radius 1 is 1.50 bits per heavy atom. The molecule has 4 nitrogen and oxygen atoms in total. The Morgan fingerprint density at radius 2 is 2.25 bits per heavy atom. The highest BCUT2D eigenvalue weighted by molar-refractivity contribution is 7.89. The van der Waals surface area contributed by atoms with E-state index in [9.17, 15) is 8.42 Å². The van der Waals surface area contributed by atoms with E-state index in [-0.39, 0.29) is 15.5 Å². The van der Waals surface area contributed by atoms with E-state index in [0.717, 1.165) is 19.3 Å². The first-order chi connectivity index (χ1) is 9.50. The number of sulfonamides is 1. The van der Waals surface area contributed by atoms with E-state index in [4.69, 9.17) is 16.9 Å². The number of nitrogens with zero attached hydrogens (tertiary/aromatic N) is 2. The minimum atomic E-state index is -3.70. The average molecular weight is 313 g/mol. The highest BCUT2D eigenvalue weighted by atomic mass is 35.5. The first kappa shape index (κ1) is 15.3. The second kappa shape index (κ2) is 6.13. The van der Waals surface area contributed by atoms with E-state index in [2.05, 4.69) is 6.92 Å². The van der Waals surface area contributed by atoms with Crippen LogP contribution in [0.1, 0.15) is 31.7 Å². The summed E-state index contributed by atoms with van der Waals surface area (Å²) in [4.78, 5) is -0.0547. The molecule has 0 N–H and O–H groups in total. The predicted octanol–water partition coefficient (Wildman–Crippen LogP) is 3.02. The van der Waals surface area contributed by atoms with Gasteiger partial charge < -0.3 is 0 Å². The Labute approximate surface area is 125 Å². The van der Waals surface area contributed by atoms with Crippen LogP contribution in [0.25, 0.3) is 0 Å². The quantitative estimate of drug-likeness (QED) is 0.862. The van der Waals surface area contributed by atoms with Gasteiger partial charge in [-0.2, -0.15) is 9.57 Å². The molecule has 0 aliphatic carbocycles. The number of halogens is 1. The van der Waals surface area contributed by atoms with Crippen molar-refractivity contribution in [2.75, 3.05) is 13.1 Å². The number of hydrogen-bond acceptors (Lipinski definition) is 3. The van der Waals surface area contributed by atoms with E-state index in [1.54, 1.807) is 6.07 Å². The lowest BCUT2D eigenvalue weighted by molar-refractivity contribution is 0.261. The van der Waals surface area contributed by atoms with Gasteiger partial charge in [-0.15, -0.1) is 0 Å². The van der Waals surface area contributed by atoms with Crippen LogP contribution in [-0.4, -0.2) is 25.8 Å². The molecule has 2 rings (SSSR count). The highest BCUT2D eigenvalue weighted by Crippen LogP contribution is 2.31. The van der Waals surface area contributed by atoms with Crippen LogP contribution in [0.4, 0.5) is 0 Å². The molecule has 0 bridgehead atoms. The Balaban J connectivity index is 2.43. The molecule has 0 aromatic heterocycles. The van der Waals surface area contributed by atoms with Crippen molar-refractivity contribution in [3.8, 4) is 6.07 Å². The summed E-state index contributed by atoms with van der Waals surface area (Å²) in [5, 5.41) is 9.22. The molecule has 0 amide bonds. The third-order valence-electron chi connectivity index (χ3n) is 3.74. The van der Waals surface area contributed by atoms with Gasteiger partial charge in [-0.3, -0.25) is 0 Å². The molecule has 1 fully saturated rings. The zero-order valence-electron chi connectivity index (χ0n) is 11.3. The number of nitriles is 1. The molecule has 0 spiro atoms. The van der Waals surface area contributed by atoms with Gasteiger partial charge in [0.1, 0.15) is 11.0 Å². The molecule has 1 unspecified atom stereocenters. The summed E-state index contributed by atoms with van der Waals surface area (Å²) in [6.45, 7) is 3.07. The van der Waals surface area contributed by atoms with E-state index >= 15 is 0 Å². The van der Waals surface area contributed by atoms with Gasteiger partial charge >= 0.3 is 0 Å². The van der Waals surface area contributed by atoms with E-state index in [0.29, 0.717) is 19.0 Å². The molecule has 6 heteroatoms. The molecule has 1 saturated heterocycles. The largest absolute Gasteiger partial charge is 0.245 e. The monoisotopic (exact) mass is 312 g/mol. The standard InChI is InChI=1S/C14H17ClN2O2S/c1-2-11-5-4-8-17(10-11)20(18,19)14-12(9-16)6-3-7-13(14)15/h3,6-7,11H,2,4-5,8,10H2,1H3. The summed E-state index contributed by atoms with van der Waals surface area (Å²) in [6, 6.07) is 6.50. The lowest BCUT2D eigenvalue weighted by Crippen LogP contribution is -2.40. The molecular formula is C14H17ClN2O2S. The van der Waals surface area contributed by atoms with E-state index in [1.807, 2.05) is 6.07 Å². The van der Waals surface area contributed by atoms with Crippen molar-refractivity contribution in [1.82, 2.24) is 4.31 Å². The molecule has 1 heterocycles. The van der Waals surface area contributed by atoms with Crippen LogP contribution in [0.3, 0.4) is 0 Å². The van der Waals surface area contributed by atoms with Crippen molar-refractivity contribution in [1.29, 1.82) is 5.26 Å². The maximum absolute atomic E-state index is 12.7. The molecule has 20 heavy (non-hydrogen) atoms. The van der Waals surface area contributed by atoms with Crippen LogP contribution in [-0.2, 0) is 10.0 Å². The molecule has 1 atom stereocenters. The summed E-state index contributed by atoms with van der Waals surface area (Å²) < 4.78 is 26.9. The zero-order valence-corrected chi connectivity index (χ0v) is 12.9. The molecule has 0 saturated carbocycles. The lowest BCUT2D eigenvalue weighted by Gasteiger charge is -2.31. The molecule has 0 radical (unpaired) electrons. The van der Waals surface area contributed by atoms with E-state index < -0.39 is 10.0 Å². The van der Waals surface area contributed by atoms with Gasteiger partial charge in [0, 0.05) is 13.1 Å². The fourth-order valence-electron chi connectivity index (χ4n) is 2.57. The number of benzene rings is 1. The van der Waals surface area contributed by atoms with Crippen molar-refractivity contribution in [3.63, 3.8) is 0 Å². The topological polar surface area (TPSA) is 61.2 Å². The highest BCUT2D eigenvalue weighted by Gasteiger charge is 2.32. The van der Waals surface area contributed by atoms with Gasteiger partial charge in [-0.1, -0.05) is 31.0 Å². The van der Waals surface area contributed by atoms with Gasteiger partial charge in [0.2, 0.25) is 10.0 Å². The number of rotatable bonds is 3. The van der Waals surface area contributed by atoms with Crippen molar-refractivity contribution in [2.45, 2.75) is 31.1 Å². The molecule has 1 aliphatic rings. The van der Waals surface area contributed by atoms with Crippen LogP contribution in [0.2, 0.25) is 5.02 Å². The molecular weight excluding hydrogens is 296 g/mol. The number of hydrogen-bond donors (Lipinski definition) is 0. The Hall–Kier alpha value is -1.09. The Morgan fingerprint density at radius 3 is 2.90 bits per heavy atom. The van der Waals surface area contributed by atoms with Gasteiger partial charge in [0.25, 0.3) is 0 Å². The van der Waals surface area contributed by atoms with Crippen LogP contribution in [0, 0.1) is 17.2 Å². The maximum Gasteiger partial charge on any atom is 0.245 e. The minimum absolute atomic E-state index is 0.0547. The molecule has 108 valence electrons. The van der Waals surface area contributed by atoms with Crippen molar-refractivity contribution in [2.24, 2.45) is 5.92 Å². The summed E-state index contributed by atoms with van der Waals surface area (Å²) in [5.74, 6) is 0.381. The summed E-state index contributed by atoms with van der Waals surface area (Å²) in [6.07, 6.45) is 2.86. The van der Waals surface area contributed by atoms with Crippen molar-refractivity contribution < 1.29 is 8.42 Å². The first-order valence-electron chi connectivity index (χ1n) is 6.69. The van der Waals surface area contributed by atoms with Gasteiger partial charge in [0.15, 0.2) is 0 Å². The SMILES string of the molecule is CCC1CCCN(S(=O)(=O)c2c(Cl)cccc2C#N)C1.